The minimum atomic E-state index is -0.245. The van der Waals surface area contributed by atoms with E-state index in [9.17, 15) is 9.90 Å². The van der Waals surface area contributed by atoms with Gasteiger partial charge in [-0.05, 0) is 86.9 Å². The smallest absolute Gasteiger partial charge is 0.337 e. The van der Waals surface area contributed by atoms with Crippen LogP contribution in [0.25, 0.3) is 0 Å². The highest BCUT2D eigenvalue weighted by Crippen LogP contribution is 2.66. The number of rotatable bonds is 3. The molecule has 0 heterocycles. The summed E-state index contributed by atoms with van der Waals surface area (Å²) >= 11 is 0. The zero-order valence-corrected chi connectivity index (χ0v) is 18.9. The molecule has 7 atom stereocenters. The van der Waals surface area contributed by atoms with Gasteiger partial charge in [-0.3, -0.25) is 0 Å². The number of hydrogen-bond acceptors (Lipinski definition) is 4. The van der Waals surface area contributed by atoms with Crippen LogP contribution in [-0.2, 0) is 9.63 Å². The molecule has 0 aromatic heterocycles. The summed E-state index contributed by atoms with van der Waals surface area (Å²) in [5.74, 6) is 2.24. The number of fused-ring (bicyclic) bond motifs is 5. The Balaban J connectivity index is 1.54. The van der Waals surface area contributed by atoms with Crippen LogP contribution in [0.5, 0.6) is 0 Å². The highest BCUT2D eigenvalue weighted by atomic mass is 16.7. The standard InChI is InChI=1S/C25H39NO3/c1-15(2)23(28)29-26-16(3)20-8-9-21-19-7-6-17-14-18(27)10-12-24(17,4)22(19)11-13-25(20,21)5/h6,15,18-22,27H,7-14H2,1-5H3/b26-16+/t18-,19-,20+,21-,22-,24-,25+/m0/s1. The third-order valence-corrected chi connectivity index (χ3v) is 9.33. The summed E-state index contributed by atoms with van der Waals surface area (Å²) in [5, 5.41) is 14.5. The van der Waals surface area contributed by atoms with Gasteiger partial charge in [0.05, 0.1) is 17.7 Å². The van der Waals surface area contributed by atoms with Crippen LogP contribution in [-0.4, -0.2) is 22.9 Å². The molecule has 3 fully saturated rings. The Morgan fingerprint density at radius 2 is 1.93 bits per heavy atom. The van der Waals surface area contributed by atoms with Gasteiger partial charge in [-0.15, -0.1) is 0 Å². The van der Waals surface area contributed by atoms with Gasteiger partial charge in [0.25, 0.3) is 0 Å². The maximum atomic E-state index is 11.9. The van der Waals surface area contributed by atoms with Crippen molar-refractivity contribution in [1.29, 1.82) is 0 Å². The number of carbonyl (C=O) groups excluding carboxylic acids is 1. The summed E-state index contributed by atoms with van der Waals surface area (Å²) < 4.78 is 0. The number of aliphatic hydroxyl groups is 1. The molecule has 162 valence electrons. The van der Waals surface area contributed by atoms with Crippen LogP contribution in [0.15, 0.2) is 16.8 Å². The van der Waals surface area contributed by atoms with Crippen molar-refractivity contribution in [2.75, 3.05) is 0 Å². The SMILES string of the molecule is C/C(=N\OC(=O)C(C)C)[C@H]1CC[C@H]2[C@@H]3CC=C4C[C@@H](O)CC[C@]4(C)[C@H]3CC[C@]12C. The second-order valence-electron chi connectivity index (χ2n) is 11.1. The third-order valence-electron chi connectivity index (χ3n) is 9.33. The lowest BCUT2D eigenvalue weighted by molar-refractivity contribution is -0.147. The fourth-order valence-electron chi connectivity index (χ4n) is 7.61. The maximum absolute atomic E-state index is 11.9. The van der Waals surface area contributed by atoms with Crippen molar-refractivity contribution in [1.82, 2.24) is 0 Å². The number of nitrogens with zero attached hydrogens (tertiary/aromatic N) is 1. The first kappa shape index (κ1) is 21.1. The third kappa shape index (κ3) is 3.40. The molecule has 0 saturated heterocycles. The van der Waals surface area contributed by atoms with E-state index in [2.05, 4.69) is 32.0 Å². The Kier molecular flexibility index (Phi) is 5.46. The number of oxime groups is 1. The van der Waals surface area contributed by atoms with E-state index in [1.54, 1.807) is 0 Å². The van der Waals surface area contributed by atoms with Gasteiger partial charge >= 0.3 is 5.97 Å². The molecular formula is C25H39NO3. The molecule has 0 aromatic rings. The summed E-state index contributed by atoms with van der Waals surface area (Å²) in [6.07, 6.45) is 11.4. The first-order valence-electron chi connectivity index (χ1n) is 11.8. The molecule has 0 radical (unpaired) electrons. The van der Waals surface area contributed by atoms with Crippen molar-refractivity contribution < 1.29 is 14.7 Å². The van der Waals surface area contributed by atoms with Crippen LogP contribution in [0.3, 0.4) is 0 Å². The second-order valence-corrected chi connectivity index (χ2v) is 11.1. The molecule has 0 bridgehead atoms. The van der Waals surface area contributed by atoms with Crippen molar-refractivity contribution in [3.8, 4) is 0 Å². The summed E-state index contributed by atoms with van der Waals surface area (Å²) in [7, 11) is 0. The summed E-state index contributed by atoms with van der Waals surface area (Å²) in [6.45, 7) is 10.7. The van der Waals surface area contributed by atoms with Crippen LogP contribution < -0.4 is 0 Å². The van der Waals surface area contributed by atoms with E-state index in [-0.39, 0.29) is 28.8 Å². The van der Waals surface area contributed by atoms with Gasteiger partial charge in [-0.25, -0.2) is 4.79 Å². The minimum Gasteiger partial charge on any atom is -0.393 e. The van der Waals surface area contributed by atoms with E-state index < -0.39 is 0 Å². The van der Waals surface area contributed by atoms with Gasteiger partial charge in [-0.2, -0.15) is 0 Å². The predicted molar refractivity (Wildman–Crippen MR) is 115 cm³/mol. The molecule has 0 spiro atoms. The van der Waals surface area contributed by atoms with Crippen molar-refractivity contribution in [3.63, 3.8) is 0 Å². The normalized spacial score (nSPS) is 44.6. The van der Waals surface area contributed by atoms with Crippen LogP contribution in [0, 0.1) is 40.4 Å². The zero-order valence-electron chi connectivity index (χ0n) is 18.9. The molecule has 4 rings (SSSR count). The average molecular weight is 402 g/mol. The summed E-state index contributed by atoms with van der Waals surface area (Å²) in [5.41, 5.74) is 3.09. The van der Waals surface area contributed by atoms with E-state index in [0.717, 1.165) is 49.1 Å². The molecule has 4 nitrogen and oxygen atoms in total. The van der Waals surface area contributed by atoms with Crippen molar-refractivity contribution >= 4 is 11.7 Å². The van der Waals surface area contributed by atoms with Crippen molar-refractivity contribution in [2.24, 2.45) is 45.6 Å². The maximum Gasteiger partial charge on any atom is 0.337 e. The topological polar surface area (TPSA) is 58.9 Å². The van der Waals surface area contributed by atoms with Crippen LogP contribution in [0.2, 0.25) is 0 Å². The highest BCUT2D eigenvalue weighted by molar-refractivity contribution is 5.86. The lowest BCUT2D eigenvalue weighted by Crippen LogP contribution is -2.50. The van der Waals surface area contributed by atoms with Gasteiger partial charge in [0, 0.05) is 5.92 Å². The molecular weight excluding hydrogens is 362 g/mol. The van der Waals surface area contributed by atoms with Crippen molar-refractivity contribution in [3.05, 3.63) is 11.6 Å². The van der Waals surface area contributed by atoms with Gasteiger partial charge in [0.1, 0.15) is 0 Å². The lowest BCUT2D eigenvalue weighted by atomic mass is 9.47. The molecule has 4 aliphatic rings. The molecule has 4 aliphatic carbocycles. The molecule has 0 unspecified atom stereocenters. The Bertz CT molecular complexity index is 726. The highest BCUT2D eigenvalue weighted by Gasteiger charge is 2.59. The summed E-state index contributed by atoms with van der Waals surface area (Å²) in [6, 6.07) is 0. The average Bonchev–Trinajstić information content (AvgIpc) is 3.03. The molecule has 1 N–H and O–H groups in total. The number of allylic oxidation sites excluding steroid dienone is 1. The van der Waals surface area contributed by atoms with Crippen LogP contribution in [0.4, 0.5) is 0 Å². The predicted octanol–water partition coefficient (Wildman–Crippen LogP) is 5.50. The fraction of sp³-hybridized carbons (Fsp3) is 0.840. The van der Waals surface area contributed by atoms with E-state index in [4.69, 9.17) is 4.84 Å². The number of carbonyl (C=O) groups is 1. The van der Waals surface area contributed by atoms with Crippen molar-refractivity contribution in [2.45, 2.75) is 92.1 Å². The summed E-state index contributed by atoms with van der Waals surface area (Å²) in [4.78, 5) is 17.1. The Labute approximate surface area is 176 Å². The quantitative estimate of drug-likeness (QED) is 0.294. The minimum absolute atomic E-state index is 0.136. The Morgan fingerprint density at radius 3 is 2.66 bits per heavy atom. The largest absolute Gasteiger partial charge is 0.393 e. The number of aliphatic hydroxyl groups excluding tert-OH is 1. The zero-order chi connectivity index (χ0) is 21.0. The van der Waals surface area contributed by atoms with E-state index in [1.807, 2.05) is 13.8 Å². The molecule has 3 saturated carbocycles. The molecule has 0 amide bonds. The first-order chi connectivity index (χ1) is 13.7. The molecule has 4 heteroatoms. The van der Waals surface area contributed by atoms with E-state index in [1.165, 1.54) is 31.3 Å². The molecule has 0 aromatic carbocycles. The number of hydrogen-bond donors (Lipinski definition) is 1. The van der Waals surface area contributed by atoms with Gasteiger partial charge < -0.3 is 9.94 Å². The van der Waals surface area contributed by atoms with Gasteiger partial charge in [-0.1, -0.05) is 44.5 Å². The van der Waals surface area contributed by atoms with Gasteiger partial charge in [0.15, 0.2) is 0 Å². The molecule has 29 heavy (non-hydrogen) atoms. The fourth-order valence-corrected chi connectivity index (χ4v) is 7.61. The lowest BCUT2D eigenvalue weighted by Gasteiger charge is -2.58. The van der Waals surface area contributed by atoms with E-state index >= 15 is 0 Å². The van der Waals surface area contributed by atoms with Crippen LogP contribution in [0.1, 0.15) is 86.0 Å². The Hall–Kier alpha value is -1.16. The monoisotopic (exact) mass is 401 g/mol. The molecule has 0 aliphatic heterocycles. The van der Waals surface area contributed by atoms with Gasteiger partial charge in [0.2, 0.25) is 0 Å². The van der Waals surface area contributed by atoms with E-state index in [0.29, 0.717) is 5.92 Å². The second kappa shape index (κ2) is 7.51. The first-order valence-corrected chi connectivity index (χ1v) is 11.8. The van der Waals surface area contributed by atoms with Crippen LogP contribution >= 0.6 is 0 Å². The Morgan fingerprint density at radius 1 is 1.17 bits per heavy atom.